The van der Waals surface area contributed by atoms with E-state index in [-0.39, 0.29) is 17.4 Å². The first-order chi connectivity index (χ1) is 14.5. The molecule has 154 valence electrons. The first-order valence-electron chi connectivity index (χ1n) is 9.72. The molecular weight excluding hydrogens is 384 g/mol. The van der Waals surface area contributed by atoms with Gasteiger partial charge in [-0.3, -0.25) is 9.20 Å². The summed E-state index contributed by atoms with van der Waals surface area (Å²) in [5.74, 6) is 1.63. The second-order valence-corrected chi connectivity index (χ2v) is 7.83. The van der Waals surface area contributed by atoms with Crippen molar-refractivity contribution >= 4 is 23.1 Å². The molecule has 0 radical (unpaired) electrons. The van der Waals surface area contributed by atoms with Crippen molar-refractivity contribution in [2.45, 2.75) is 25.8 Å². The first-order valence-corrected chi connectivity index (χ1v) is 9.72. The maximum Gasteiger partial charge on any atom is 0.244 e. The van der Waals surface area contributed by atoms with E-state index in [4.69, 9.17) is 4.74 Å². The van der Waals surface area contributed by atoms with Gasteiger partial charge < -0.3 is 15.4 Å². The number of anilines is 1. The standard InChI is InChI=1S/C20H22N8O2/c1-20(17(29)21-2)8-13(9-20)24-18-25-16(30-3)15-14(4-6-28(15)26-18)12-10-23-19-22-5-7-27(19)11-12/h4-7,10-11,13H,8-9H2,1-3H3,(H,21,29)(H,24,26). The number of ether oxygens (including phenoxy) is 1. The number of nitrogens with one attached hydrogen (secondary N) is 2. The number of hydrogen-bond donors (Lipinski definition) is 2. The van der Waals surface area contributed by atoms with Crippen LogP contribution in [0.4, 0.5) is 5.95 Å². The Kier molecular flexibility index (Phi) is 4.09. The maximum atomic E-state index is 12.0. The van der Waals surface area contributed by atoms with Crippen LogP contribution in [0.2, 0.25) is 0 Å². The predicted molar refractivity (Wildman–Crippen MR) is 110 cm³/mol. The molecule has 0 unspecified atom stereocenters. The van der Waals surface area contributed by atoms with Crippen LogP contribution in [-0.2, 0) is 4.79 Å². The maximum absolute atomic E-state index is 12.0. The Morgan fingerprint density at radius 3 is 2.90 bits per heavy atom. The second kappa shape index (κ2) is 6.68. The molecule has 1 fully saturated rings. The topological polar surface area (TPSA) is 111 Å². The van der Waals surface area contributed by atoms with Crippen LogP contribution in [0.25, 0.3) is 22.4 Å². The molecule has 1 amide bonds. The smallest absolute Gasteiger partial charge is 0.244 e. The fourth-order valence-corrected chi connectivity index (χ4v) is 4.18. The molecule has 5 rings (SSSR count). The van der Waals surface area contributed by atoms with E-state index >= 15 is 0 Å². The zero-order chi connectivity index (χ0) is 20.9. The minimum atomic E-state index is -0.347. The minimum Gasteiger partial charge on any atom is -0.479 e. The quantitative estimate of drug-likeness (QED) is 0.520. The van der Waals surface area contributed by atoms with Gasteiger partial charge >= 0.3 is 0 Å². The van der Waals surface area contributed by atoms with Crippen LogP contribution in [0.15, 0.2) is 37.1 Å². The van der Waals surface area contributed by atoms with E-state index < -0.39 is 0 Å². The van der Waals surface area contributed by atoms with Crippen molar-refractivity contribution < 1.29 is 9.53 Å². The van der Waals surface area contributed by atoms with Crippen molar-refractivity contribution in [1.82, 2.24) is 34.3 Å². The van der Waals surface area contributed by atoms with Crippen LogP contribution < -0.4 is 15.4 Å². The second-order valence-electron chi connectivity index (χ2n) is 7.83. The fourth-order valence-electron chi connectivity index (χ4n) is 4.18. The summed E-state index contributed by atoms with van der Waals surface area (Å²) in [6, 6.07) is 2.10. The van der Waals surface area contributed by atoms with Gasteiger partial charge in [0.1, 0.15) is 5.52 Å². The molecule has 0 saturated heterocycles. The number of nitrogens with zero attached hydrogens (tertiary/aromatic N) is 6. The SMILES string of the molecule is CNC(=O)C1(C)CC(Nc2nc(OC)c3c(-c4cnc5nccn5c4)ccn3n2)C1. The minimum absolute atomic E-state index is 0.0630. The average molecular weight is 406 g/mol. The molecule has 0 aromatic carbocycles. The van der Waals surface area contributed by atoms with Crippen molar-refractivity contribution in [2.75, 3.05) is 19.5 Å². The molecule has 1 saturated carbocycles. The van der Waals surface area contributed by atoms with E-state index in [0.29, 0.717) is 17.6 Å². The Hall–Kier alpha value is -3.69. The fraction of sp³-hybridized carbons (Fsp3) is 0.350. The number of fused-ring (bicyclic) bond motifs is 2. The molecule has 4 aromatic heterocycles. The summed E-state index contributed by atoms with van der Waals surface area (Å²) in [5, 5.41) is 10.6. The van der Waals surface area contributed by atoms with Crippen molar-refractivity contribution in [2.24, 2.45) is 5.41 Å². The molecular formula is C20H22N8O2. The van der Waals surface area contributed by atoms with E-state index in [1.807, 2.05) is 36.0 Å². The lowest BCUT2D eigenvalue weighted by Crippen LogP contribution is -2.51. The zero-order valence-corrected chi connectivity index (χ0v) is 17.0. The van der Waals surface area contributed by atoms with Crippen LogP contribution in [0.3, 0.4) is 0 Å². The Morgan fingerprint density at radius 2 is 2.13 bits per heavy atom. The van der Waals surface area contributed by atoms with E-state index in [9.17, 15) is 4.79 Å². The largest absolute Gasteiger partial charge is 0.479 e. The van der Waals surface area contributed by atoms with Gasteiger partial charge in [0.2, 0.25) is 23.5 Å². The summed E-state index contributed by atoms with van der Waals surface area (Å²) >= 11 is 0. The molecule has 0 spiro atoms. The van der Waals surface area contributed by atoms with Crippen LogP contribution >= 0.6 is 0 Å². The molecule has 0 aliphatic heterocycles. The number of carbonyl (C=O) groups excluding carboxylic acids is 1. The van der Waals surface area contributed by atoms with Gasteiger partial charge in [-0.1, -0.05) is 6.92 Å². The highest BCUT2D eigenvalue weighted by molar-refractivity contribution is 5.84. The molecule has 10 heteroatoms. The lowest BCUT2D eigenvalue weighted by molar-refractivity contribution is -0.134. The molecule has 4 heterocycles. The Morgan fingerprint density at radius 1 is 1.30 bits per heavy atom. The highest BCUT2D eigenvalue weighted by atomic mass is 16.5. The van der Waals surface area contributed by atoms with Gasteiger partial charge in [-0.2, -0.15) is 4.98 Å². The number of hydrogen-bond acceptors (Lipinski definition) is 7. The van der Waals surface area contributed by atoms with Gasteiger partial charge in [0, 0.05) is 55.2 Å². The number of rotatable bonds is 5. The van der Waals surface area contributed by atoms with E-state index in [0.717, 1.165) is 29.5 Å². The lowest BCUT2D eigenvalue weighted by atomic mass is 9.66. The molecule has 10 nitrogen and oxygen atoms in total. The van der Waals surface area contributed by atoms with Gasteiger partial charge in [-0.05, 0) is 18.9 Å². The van der Waals surface area contributed by atoms with E-state index in [2.05, 4.69) is 30.7 Å². The molecule has 1 aliphatic rings. The summed E-state index contributed by atoms with van der Waals surface area (Å²) in [6.07, 6.45) is 10.6. The first kappa shape index (κ1) is 18.3. The summed E-state index contributed by atoms with van der Waals surface area (Å²) in [6.45, 7) is 1.97. The summed E-state index contributed by atoms with van der Waals surface area (Å²) in [7, 11) is 3.26. The van der Waals surface area contributed by atoms with E-state index in [1.165, 1.54) is 0 Å². The highest BCUT2D eigenvalue weighted by Crippen LogP contribution is 2.42. The number of carbonyl (C=O) groups is 1. The van der Waals surface area contributed by atoms with Crippen LogP contribution in [0, 0.1) is 5.41 Å². The number of methoxy groups -OCH3 is 1. The third-order valence-electron chi connectivity index (χ3n) is 5.73. The van der Waals surface area contributed by atoms with Gasteiger partial charge in [0.15, 0.2) is 0 Å². The number of aromatic nitrogens is 6. The van der Waals surface area contributed by atoms with Gasteiger partial charge in [0.25, 0.3) is 0 Å². The third-order valence-corrected chi connectivity index (χ3v) is 5.73. The van der Waals surface area contributed by atoms with Gasteiger partial charge in [0.05, 0.1) is 12.5 Å². The average Bonchev–Trinajstić information content (AvgIpc) is 3.37. The van der Waals surface area contributed by atoms with Crippen molar-refractivity contribution in [3.63, 3.8) is 0 Å². The zero-order valence-electron chi connectivity index (χ0n) is 17.0. The van der Waals surface area contributed by atoms with Crippen molar-refractivity contribution in [3.8, 4) is 17.0 Å². The molecule has 0 bridgehead atoms. The molecule has 4 aromatic rings. The lowest BCUT2D eigenvalue weighted by Gasteiger charge is -2.43. The summed E-state index contributed by atoms with van der Waals surface area (Å²) in [4.78, 5) is 25.1. The highest BCUT2D eigenvalue weighted by Gasteiger charge is 2.46. The molecule has 0 atom stereocenters. The predicted octanol–water partition coefficient (Wildman–Crippen LogP) is 1.77. The van der Waals surface area contributed by atoms with Gasteiger partial charge in [-0.15, -0.1) is 5.10 Å². The normalized spacial score (nSPS) is 20.8. The van der Waals surface area contributed by atoms with E-state index in [1.54, 1.807) is 31.1 Å². The Balaban J connectivity index is 1.45. The monoisotopic (exact) mass is 406 g/mol. The number of imidazole rings is 1. The summed E-state index contributed by atoms with van der Waals surface area (Å²) < 4.78 is 9.19. The molecule has 30 heavy (non-hydrogen) atoms. The van der Waals surface area contributed by atoms with Crippen LogP contribution in [0.5, 0.6) is 5.88 Å². The van der Waals surface area contributed by atoms with Crippen LogP contribution in [0.1, 0.15) is 19.8 Å². The Labute approximate surface area is 172 Å². The Bertz CT molecular complexity index is 1250. The van der Waals surface area contributed by atoms with Crippen LogP contribution in [-0.4, -0.2) is 55.1 Å². The van der Waals surface area contributed by atoms with Gasteiger partial charge in [-0.25, -0.2) is 14.5 Å². The van der Waals surface area contributed by atoms with Crippen molar-refractivity contribution in [1.29, 1.82) is 0 Å². The molecule has 2 N–H and O–H groups in total. The molecule has 1 aliphatic carbocycles. The third kappa shape index (κ3) is 2.83. The van der Waals surface area contributed by atoms with Crippen molar-refractivity contribution in [3.05, 3.63) is 37.1 Å². The number of amides is 1. The summed E-state index contributed by atoms with van der Waals surface area (Å²) in [5.41, 5.74) is 2.23.